The third-order valence-electron chi connectivity index (χ3n) is 8.32. The van der Waals surface area contributed by atoms with E-state index in [1.54, 1.807) is 12.1 Å². The molecule has 3 aliphatic rings. The van der Waals surface area contributed by atoms with Crippen LogP contribution in [0.1, 0.15) is 60.9 Å². The highest BCUT2D eigenvalue weighted by atomic mass is 79.9. The number of carbonyl (C=O) groups excluding carboxylic acids is 3. The van der Waals surface area contributed by atoms with E-state index in [2.05, 4.69) is 43.5 Å². The molecule has 1 aliphatic heterocycles. The van der Waals surface area contributed by atoms with Gasteiger partial charge in [-0.05, 0) is 66.4 Å². The molecule has 41 heavy (non-hydrogen) atoms. The summed E-state index contributed by atoms with van der Waals surface area (Å²) in [5.41, 5.74) is 1.87. The van der Waals surface area contributed by atoms with Crippen LogP contribution in [0.3, 0.4) is 0 Å². The number of hydrogen-bond acceptors (Lipinski definition) is 7. The van der Waals surface area contributed by atoms with E-state index in [-0.39, 0.29) is 33.5 Å². The van der Waals surface area contributed by atoms with Gasteiger partial charge in [0.1, 0.15) is 12.1 Å². The van der Waals surface area contributed by atoms with Crippen molar-refractivity contribution in [1.29, 1.82) is 0 Å². The number of rotatable bonds is 8. The Hall–Kier alpha value is -2.46. The zero-order valence-electron chi connectivity index (χ0n) is 22.9. The van der Waals surface area contributed by atoms with Crippen LogP contribution in [0.5, 0.6) is 0 Å². The van der Waals surface area contributed by atoms with Gasteiger partial charge in [-0.2, -0.15) is 0 Å². The normalized spacial score (nSPS) is 20.0. The molecule has 1 spiro atoms. The van der Waals surface area contributed by atoms with E-state index in [1.807, 2.05) is 12.1 Å². The monoisotopic (exact) mass is 662 g/mol. The highest BCUT2D eigenvalue weighted by Gasteiger charge is 2.54. The number of nitrogens with one attached hydrogen (secondary N) is 2. The van der Waals surface area contributed by atoms with Gasteiger partial charge < -0.3 is 20.3 Å². The van der Waals surface area contributed by atoms with E-state index in [0.29, 0.717) is 16.6 Å². The molecule has 8 nitrogen and oxygen atoms in total. The summed E-state index contributed by atoms with van der Waals surface area (Å²) in [7, 11) is 2.07. The van der Waals surface area contributed by atoms with Crippen molar-refractivity contribution in [3.05, 3.63) is 68.0 Å². The summed E-state index contributed by atoms with van der Waals surface area (Å²) >= 11 is 15.7. The van der Waals surface area contributed by atoms with Crippen molar-refractivity contribution < 1.29 is 19.1 Å². The van der Waals surface area contributed by atoms with Gasteiger partial charge in [-0.15, -0.1) is 0 Å². The molecule has 1 aromatic carbocycles. The van der Waals surface area contributed by atoms with Gasteiger partial charge in [0.15, 0.2) is 5.78 Å². The summed E-state index contributed by atoms with van der Waals surface area (Å²) in [6.07, 6.45) is 9.23. The lowest BCUT2D eigenvalue weighted by molar-refractivity contribution is -0.154. The lowest BCUT2D eigenvalue weighted by Crippen LogP contribution is -2.54. The zero-order chi connectivity index (χ0) is 29.1. The fourth-order valence-corrected chi connectivity index (χ4v) is 7.33. The Kier molecular flexibility index (Phi) is 9.38. The smallest absolute Gasteiger partial charge is 0.329 e. The highest BCUT2D eigenvalue weighted by Crippen LogP contribution is 2.53. The zero-order valence-corrected chi connectivity index (χ0v) is 25.9. The molecule has 2 aromatic rings. The van der Waals surface area contributed by atoms with Crippen molar-refractivity contribution >= 4 is 62.5 Å². The number of ketones is 1. The first-order valence-electron chi connectivity index (χ1n) is 14.0. The maximum Gasteiger partial charge on any atom is 0.329 e. The Morgan fingerprint density at radius 3 is 2.37 bits per heavy atom. The van der Waals surface area contributed by atoms with E-state index in [9.17, 15) is 14.4 Å². The predicted octanol–water partition coefficient (Wildman–Crippen LogP) is 5.92. The van der Waals surface area contributed by atoms with Crippen LogP contribution in [0.2, 0.25) is 10.0 Å². The van der Waals surface area contributed by atoms with E-state index in [0.717, 1.165) is 69.3 Å². The van der Waals surface area contributed by atoms with Crippen LogP contribution in [-0.2, 0) is 20.7 Å². The number of piperidine rings is 1. The summed E-state index contributed by atoms with van der Waals surface area (Å²) in [5, 5.41) is 6.57. The van der Waals surface area contributed by atoms with Gasteiger partial charge in [0.25, 0.3) is 5.91 Å². The molecule has 2 fully saturated rings. The first-order valence-corrected chi connectivity index (χ1v) is 15.5. The number of Topliss-reactive ketones (excluding diaryl/α,β-unsaturated/α-hetero) is 1. The molecule has 2 N–H and O–H groups in total. The molecular formula is C30H33BrCl2N4O4. The van der Waals surface area contributed by atoms with Crippen LogP contribution in [0.25, 0.3) is 0 Å². The molecule has 2 heterocycles. The number of amides is 1. The van der Waals surface area contributed by atoms with Crippen molar-refractivity contribution in [3.8, 4) is 0 Å². The van der Waals surface area contributed by atoms with Crippen molar-refractivity contribution in [2.45, 2.75) is 63.5 Å². The minimum Gasteiger partial charge on any atom is -0.461 e. The lowest BCUT2D eigenvalue weighted by Gasteiger charge is -2.46. The Bertz CT molecular complexity index is 1330. The van der Waals surface area contributed by atoms with Gasteiger partial charge in [0.05, 0.1) is 25.5 Å². The number of esters is 1. The third-order valence-corrected chi connectivity index (χ3v) is 9.65. The number of benzene rings is 1. The maximum absolute atomic E-state index is 13.6. The average molecular weight is 664 g/mol. The standard InChI is InChI=1S/C30H33BrCl2N4O4/c1-37-13-9-20(10-14-37)41-29(40)23(36-26-25(31)27(38)30(26)11-3-2-4-12-30)15-18-5-7-19(8-6-18)35-28(39)24-21(32)16-34-17-22(24)33/h5-8,16-17,20,23,36H,2-4,9-15H2,1H3,(H,35,39). The van der Waals surface area contributed by atoms with Crippen LogP contribution in [0.4, 0.5) is 5.69 Å². The predicted molar refractivity (Wildman–Crippen MR) is 162 cm³/mol. The minimum atomic E-state index is -0.668. The number of halogens is 3. The molecule has 1 aromatic heterocycles. The minimum absolute atomic E-state index is 0.122. The topological polar surface area (TPSA) is 101 Å². The van der Waals surface area contributed by atoms with E-state index in [1.165, 1.54) is 12.4 Å². The Balaban J connectivity index is 1.32. The van der Waals surface area contributed by atoms with Gasteiger partial charge in [0.2, 0.25) is 0 Å². The molecular weight excluding hydrogens is 631 g/mol. The highest BCUT2D eigenvalue weighted by molar-refractivity contribution is 9.12. The molecule has 2 aliphatic carbocycles. The molecule has 218 valence electrons. The Morgan fingerprint density at radius 2 is 1.73 bits per heavy atom. The Morgan fingerprint density at radius 1 is 1.10 bits per heavy atom. The van der Waals surface area contributed by atoms with Crippen LogP contribution in [-0.4, -0.2) is 59.8 Å². The quantitative estimate of drug-likeness (QED) is 0.338. The van der Waals surface area contributed by atoms with Gasteiger partial charge in [0, 0.05) is 43.3 Å². The first-order chi connectivity index (χ1) is 19.7. The molecule has 1 atom stereocenters. The number of pyridine rings is 1. The van der Waals surface area contributed by atoms with Crippen LogP contribution in [0.15, 0.2) is 46.8 Å². The summed E-state index contributed by atoms with van der Waals surface area (Å²) in [6, 6.07) is 6.57. The molecule has 1 saturated heterocycles. The molecule has 5 rings (SSSR count). The van der Waals surface area contributed by atoms with Gasteiger partial charge >= 0.3 is 5.97 Å². The number of carbonyl (C=O) groups is 3. The van der Waals surface area contributed by atoms with Crippen LogP contribution < -0.4 is 10.6 Å². The maximum atomic E-state index is 13.6. The summed E-state index contributed by atoms with van der Waals surface area (Å²) in [4.78, 5) is 45.4. The second-order valence-corrected chi connectivity index (χ2v) is 12.7. The van der Waals surface area contributed by atoms with E-state index in [4.69, 9.17) is 27.9 Å². The molecule has 0 radical (unpaired) electrons. The number of hydrogen-bond donors (Lipinski definition) is 2. The number of nitrogens with zero attached hydrogens (tertiary/aromatic N) is 2. The van der Waals surface area contributed by atoms with Crippen molar-refractivity contribution in [2.24, 2.45) is 5.41 Å². The number of likely N-dealkylation sites (tertiary alicyclic amines) is 1. The number of aromatic nitrogens is 1. The summed E-state index contributed by atoms with van der Waals surface area (Å²) < 4.78 is 6.52. The number of ether oxygens (including phenoxy) is 1. The van der Waals surface area contributed by atoms with E-state index >= 15 is 0 Å². The van der Waals surface area contributed by atoms with Crippen molar-refractivity contribution in [1.82, 2.24) is 15.2 Å². The molecule has 1 amide bonds. The fourth-order valence-electron chi connectivity index (χ4n) is 5.92. The first kappa shape index (κ1) is 30.0. The van der Waals surface area contributed by atoms with Crippen LogP contribution in [0, 0.1) is 5.41 Å². The van der Waals surface area contributed by atoms with Gasteiger partial charge in [-0.1, -0.05) is 54.6 Å². The fraction of sp³-hybridized carbons (Fsp3) is 0.467. The summed E-state index contributed by atoms with van der Waals surface area (Å²) in [5.74, 6) is -0.644. The summed E-state index contributed by atoms with van der Waals surface area (Å²) in [6.45, 7) is 1.76. The largest absolute Gasteiger partial charge is 0.461 e. The molecule has 0 bridgehead atoms. The second-order valence-electron chi connectivity index (χ2n) is 11.1. The second kappa shape index (κ2) is 12.8. The van der Waals surface area contributed by atoms with Crippen molar-refractivity contribution in [2.75, 3.05) is 25.5 Å². The Labute approximate surface area is 258 Å². The average Bonchev–Trinajstić information content (AvgIpc) is 2.97. The van der Waals surface area contributed by atoms with Crippen molar-refractivity contribution in [3.63, 3.8) is 0 Å². The molecule has 11 heteroatoms. The number of allylic oxidation sites excluding steroid dienone is 2. The van der Waals surface area contributed by atoms with Gasteiger partial charge in [-0.25, -0.2) is 4.79 Å². The molecule has 1 saturated carbocycles. The van der Waals surface area contributed by atoms with Gasteiger partial charge in [-0.3, -0.25) is 14.6 Å². The van der Waals surface area contributed by atoms with E-state index < -0.39 is 17.4 Å². The lowest BCUT2D eigenvalue weighted by atomic mass is 9.62. The third kappa shape index (κ3) is 6.48. The molecule has 1 unspecified atom stereocenters. The number of anilines is 1. The van der Waals surface area contributed by atoms with Crippen LogP contribution >= 0.6 is 39.1 Å². The SMILES string of the molecule is CN1CCC(OC(=O)C(Cc2ccc(NC(=O)c3c(Cl)cncc3Cl)cc2)NC2=C(Br)C(=O)C23CCCCC3)CC1.